The summed E-state index contributed by atoms with van der Waals surface area (Å²) in [4.78, 5) is 18.6. The van der Waals surface area contributed by atoms with Crippen LogP contribution in [0.2, 0.25) is 0 Å². The van der Waals surface area contributed by atoms with E-state index in [0.717, 1.165) is 37.2 Å². The number of carbonyl (C=O) groups excluding carboxylic acids is 1. The summed E-state index contributed by atoms with van der Waals surface area (Å²) in [5, 5.41) is 6.67. The van der Waals surface area contributed by atoms with Gasteiger partial charge in [-0.1, -0.05) is 12.8 Å². The quantitative estimate of drug-likeness (QED) is 0.641. The SMILES string of the molecule is CN=C(NCC1(C(=O)N(C)C)CCCC1)N[C@@H](C)c1ccc(C)o1. The topological polar surface area (TPSA) is 69.9 Å². The summed E-state index contributed by atoms with van der Waals surface area (Å²) in [6.07, 6.45) is 4.08. The van der Waals surface area contributed by atoms with Crippen LogP contribution >= 0.6 is 0 Å². The summed E-state index contributed by atoms with van der Waals surface area (Å²) < 4.78 is 5.65. The predicted octanol–water partition coefficient (Wildman–Crippen LogP) is 2.46. The minimum atomic E-state index is -0.314. The zero-order valence-electron chi connectivity index (χ0n) is 15.5. The predicted molar refractivity (Wildman–Crippen MR) is 96.0 cm³/mol. The van der Waals surface area contributed by atoms with Gasteiger partial charge in [0.05, 0.1) is 11.5 Å². The molecular formula is C18H30N4O2. The number of hydrogen-bond acceptors (Lipinski definition) is 3. The van der Waals surface area contributed by atoms with E-state index in [1.54, 1.807) is 11.9 Å². The number of guanidine groups is 1. The highest BCUT2D eigenvalue weighted by Crippen LogP contribution is 2.38. The first-order chi connectivity index (χ1) is 11.4. The van der Waals surface area contributed by atoms with Gasteiger partial charge in [0.25, 0.3) is 0 Å². The number of carbonyl (C=O) groups is 1. The lowest BCUT2D eigenvalue weighted by molar-refractivity contribution is -0.138. The molecule has 0 spiro atoms. The number of nitrogens with one attached hydrogen (secondary N) is 2. The van der Waals surface area contributed by atoms with Gasteiger partial charge in [-0.3, -0.25) is 9.79 Å². The Morgan fingerprint density at radius 3 is 2.54 bits per heavy atom. The normalized spacial score (nSPS) is 18.3. The molecule has 2 N–H and O–H groups in total. The van der Waals surface area contributed by atoms with E-state index in [0.29, 0.717) is 12.5 Å². The Kier molecular flexibility index (Phi) is 5.91. The molecule has 1 aliphatic carbocycles. The number of hydrogen-bond donors (Lipinski definition) is 2. The minimum Gasteiger partial charge on any atom is -0.464 e. The second kappa shape index (κ2) is 7.73. The molecule has 6 nitrogen and oxygen atoms in total. The van der Waals surface area contributed by atoms with Gasteiger partial charge in [0, 0.05) is 27.7 Å². The second-order valence-electron chi connectivity index (χ2n) is 6.93. The Morgan fingerprint density at radius 2 is 2.04 bits per heavy atom. The van der Waals surface area contributed by atoms with Crippen molar-refractivity contribution in [2.24, 2.45) is 10.4 Å². The Hall–Kier alpha value is -1.98. The molecule has 134 valence electrons. The minimum absolute atomic E-state index is 0.00831. The van der Waals surface area contributed by atoms with Gasteiger partial charge in [0.2, 0.25) is 5.91 Å². The lowest BCUT2D eigenvalue weighted by Crippen LogP contribution is -2.49. The fourth-order valence-corrected chi connectivity index (χ4v) is 3.40. The highest BCUT2D eigenvalue weighted by atomic mass is 16.3. The molecular weight excluding hydrogens is 304 g/mol. The van der Waals surface area contributed by atoms with Crippen molar-refractivity contribution in [1.29, 1.82) is 0 Å². The lowest BCUT2D eigenvalue weighted by Gasteiger charge is -2.31. The summed E-state index contributed by atoms with van der Waals surface area (Å²) in [5.74, 6) is 2.66. The number of furan rings is 1. The molecule has 1 aromatic heterocycles. The van der Waals surface area contributed by atoms with Gasteiger partial charge in [-0.2, -0.15) is 0 Å². The van der Waals surface area contributed by atoms with Crippen molar-refractivity contribution in [2.45, 2.75) is 45.6 Å². The van der Waals surface area contributed by atoms with Crippen molar-refractivity contribution in [1.82, 2.24) is 15.5 Å². The third-order valence-corrected chi connectivity index (χ3v) is 4.78. The Balaban J connectivity index is 1.98. The number of rotatable bonds is 5. The van der Waals surface area contributed by atoms with Crippen LogP contribution in [0.3, 0.4) is 0 Å². The highest BCUT2D eigenvalue weighted by Gasteiger charge is 2.42. The van der Waals surface area contributed by atoms with Crippen molar-refractivity contribution in [3.63, 3.8) is 0 Å². The van der Waals surface area contributed by atoms with Crippen LogP contribution in [0.1, 0.15) is 50.2 Å². The number of amides is 1. The van der Waals surface area contributed by atoms with Crippen LogP contribution in [0.25, 0.3) is 0 Å². The van der Waals surface area contributed by atoms with E-state index >= 15 is 0 Å². The van der Waals surface area contributed by atoms with Crippen molar-refractivity contribution in [2.75, 3.05) is 27.7 Å². The monoisotopic (exact) mass is 334 g/mol. The molecule has 1 aliphatic rings. The first-order valence-corrected chi connectivity index (χ1v) is 8.63. The van der Waals surface area contributed by atoms with E-state index in [9.17, 15) is 4.79 Å². The summed E-state index contributed by atoms with van der Waals surface area (Å²) in [6.45, 7) is 4.56. The van der Waals surface area contributed by atoms with Crippen LogP contribution in [0.15, 0.2) is 21.5 Å². The molecule has 0 saturated heterocycles. The van der Waals surface area contributed by atoms with E-state index in [-0.39, 0.29) is 17.4 Å². The van der Waals surface area contributed by atoms with Gasteiger partial charge in [-0.25, -0.2) is 0 Å². The van der Waals surface area contributed by atoms with Crippen molar-refractivity contribution in [3.8, 4) is 0 Å². The average molecular weight is 334 g/mol. The number of nitrogens with zero attached hydrogens (tertiary/aromatic N) is 2. The number of aryl methyl sites for hydroxylation is 1. The van der Waals surface area contributed by atoms with E-state index in [2.05, 4.69) is 15.6 Å². The van der Waals surface area contributed by atoms with E-state index < -0.39 is 0 Å². The molecule has 1 atom stereocenters. The largest absolute Gasteiger partial charge is 0.464 e. The molecule has 1 heterocycles. The fourth-order valence-electron chi connectivity index (χ4n) is 3.40. The molecule has 6 heteroatoms. The van der Waals surface area contributed by atoms with Crippen LogP contribution < -0.4 is 10.6 Å². The molecule has 1 aromatic rings. The van der Waals surface area contributed by atoms with Crippen molar-refractivity contribution in [3.05, 3.63) is 23.7 Å². The van der Waals surface area contributed by atoms with Crippen molar-refractivity contribution < 1.29 is 9.21 Å². The maximum Gasteiger partial charge on any atom is 0.230 e. The maximum absolute atomic E-state index is 12.6. The third-order valence-electron chi connectivity index (χ3n) is 4.78. The molecule has 0 aliphatic heterocycles. The van der Waals surface area contributed by atoms with Crippen molar-refractivity contribution >= 4 is 11.9 Å². The highest BCUT2D eigenvalue weighted by molar-refractivity contribution is 5.85. The molecule has 0 radical (unpaired) electrons. The molecule has 1 amide bonds. The Labute approximate surface area is 144 Å². The molecule has 0 bridgehead atoms. The summed E-state index contributed by atoms with van der Waals surface area (Å²) in [6, 6.07) is 3.93. The smallest absolute Gasteiger partial charge is 0.230 e. The van der Waals surface area contributed by atoms with E-state index in [4.69, 9.17) is 4.42 Å². The van der Waals surface area contributed by atoms with Gasteiger partial charge < -0.3 is 20.0 Å². The van der Waals surface area contributed by atoms with Crippen LogP contribution in [0, 0.1) is 12.3 Å². The Morgan fingerprint density at radius 1 is 1.38 bits per heavy atom. The van der Waals surface area contributed by atoms with E-state index in [1.165, 1.54) is 0 Å². The maximum atomic E-state index is 12.6. The summed E-state index contributed by atoms with van der Waals surface area (Å²) >= 11 is 0. The first kappa shape index (κ1) is 18.4. The molecule has 24 heavy (non-hydrogen) atoms. The molecule has 0 unspecified atom stereocenters. The van der Waals surface area contributed by atoms with Gasteiger partial charge >= 0.3 is 0 Å². The Bertz CT molecular complexity index is 586. The van der Waals surface area contributed by atoms with Crippen LogP contribution in [-0.4, -0.2) is 44.5 Å². The molecule has 0 aromatic carbocycles. The molecule has 2 rings (SSSR count). The zero-order chi connectivity index (χ0) is 17.7. The van der Waals surface area contributed by atoms with Crippen LogP contribution in [0.4, 0.5) is 0 Å². The van der Waals surface area contributed by atoms with Gasteiger partial charge in [-0.05, 0) is 38.8 Å². The van der Waals surface area contributed by atoms with Gasteiger partial charge in [0.15, 0.2) is 5.96 Å². The molecule has 1 fully saturated rings. The number of aliphatic imine (C=N–C) groups is 1. The first-order valence-electron chi connectivity index (χ1n) is 8.63. The van der Waals surface area contributed by atoms with Crippen LogP contribution in [0.5, 0.6) is 0 Å². The van der Waals surface area contributed by atoms with E-state index in [1.807, 2.05) is 40.1 Å². The van der Waals surface area contributed by atoms with Crippen LogP contribution in [-0.2, 0) is 4.79 Å². The second-order valence-corrected chi connectivity index (χ2v) is 6.93. The molecule has 1 saturated carbocycles. The average Bonchev–Trinajstić information content (AvgIpc) is 3.20. The third kappa shape index (κ3) is 4.10. The standard InChI is InChI=1S/C18H30N4O2/c1-13-8-9-15(24-13)14(2)21-17(19-3)20-12-18(10-6-7-11-18)16(23)22(4)5/h8-9,14H,6-7,10-12H2,1-5H3,(H2,19,20,21)/t14-/m0/s1. The van der Waals surface area contributed by atoms with Gasteiger partial charge in [0.1, 0.15) is 11.5 Å². The van der Waals surface area contributed by atoms with Gasteiger partial charge in [-0.15, -0.1) is 0 Å². The zero-order valence-corrected chi connectivity index (χ0v) is 15.5. The fraction of sp³-hybridized carbons (Fsp3) is 0.667. The lowest BCUT2D eigenvalue weighted by atomic mass is 9.84. The summed E-state index contributed by atoms with van der Waals surface area (Å²) in [5.41, 5.74) is -0.314. The summed E-state index contributed by atoms with van der Waals surface area (Å²) in [7, 11) is 5.40.